The predicted octanol–water partition coefficient (Wildman–Crippen LogP) is 14.4. The minimum atomic E-state index is 0.663. The van der Waals surface area contributed by atoms with Gasteiger partial charge >= 0.3 is 0 Å². The van der Waals surface area contributed by atoms with Crippen LogP contribution >= 0.6 is 22.7 Å². The third kappa shape index (κ3) is 5.22. The molecule has 0 bridgehead atoms. The van der Waals surface area contributed by atoms with Crippen LogP contribution in [0.4, 0.5) is 0 Å². The first-order valence-corrected chi connectivity index (χ1v) is 20.6. The van der Waals surface area contributed by atoms with E-state index in [-0.39, 0.29) is 0 Å². The highest BCUT2D eigenvalue weighted by molar-refractivity contribution is 7.26. The Hall–Kier alpha value is -6.99. The summed E-state index contributed by atoms with van der Waals surface area (Å²) in [6.07, 6.45) is 0. The number of para-hydroxylation sites is 1. The van der Waals surface area contributed by atoms with Gasteiger partial charge in [-0.1, -0.05) is 133 Å². The van der Waals surface area contributed by atoms with Crippen molar-refractivity contribution in [2.45, 2.75) is 0 Å². The molecule has 4 heterocycles. The SMILES string of the molecule is c1ccc(-c2nc(-c3ccccc3)nc(-c3ccc4c(c3)sc3cc(-c5cccc6c5c5cc7c(cc5n6-c5ccccc5)sc5ccccc57)ccc34)n2)cc1. The first-order valence-electron chi connectivity index (χ1n) is 19.0. The lowest BCUT2D eigenvalue weighted by Crippen LogP contribution is -1.99. The summed E-state index contributed by atoms with van der Waals surface area (Å²) in [6, 6.07) is 65.0. The molecule has 0 aliphatic carbocycles. The average molecular weight is 763 g/mol. The quantitative estimate of drug-likeness (QED) is 0.175. The van der Waals surface area contributed by atoms with E-state index in [0.29, 0.717) is 17.5 Å². The van der Waals surface area contributed by atoms with Gasteiger partial charge in [-0.25, -0.2) is 15.0 Å². The molecule has 4 nitrogen and oxygen atoms in total. The van der Waals surface area contributed by atoms with Crippen molar-refractivity contribution in [3.63, 3.8) is 0 Å². The van der Waals surface area contributed by atoms with Crippen molar-refractivity contribution >= 4 is 84.8 Å². The molecule has 12 aromatic rings. The van der Waals surface area contributed by atoms with Gasteiger partial charge in [-0.3, -0.25) is 0 Å². The molecule has 12 rings (SSSR count). The van der Waals surface area contributed by atoms with Crippen LogP contribution in [0.3, 0.4) is 0 Å². The Morgan fingerprint density at radius 3 is 1.58 bits per heavy atom. The first-order chi connectivity index (χ1) is 28.2. The molecule has 0 radical (unpaired) electrons. The summed E-state index contributed by atoms with van der Waals surface area (Å²) >= 11 is 3.69. The number of aromatic nitrogens is 4. The van der Waals surface area contributed by atoms with Crippen molar-refractivity contribution in [3.8, 4) is 51.0 Å². The number of fused-ring (bicyclic) bond motifs is 9. The topological polar surface area (TPSA) is 43.6 Å². The van der Waals surface area contributed by atoms with Crippen molar-refractivity contribution < 1.29 is 0 Å². The van der Waals surface area contributed by atoms with E-state index >= 15 is 0 Å². The van der Waals surface area contributed by atoms with Gasteiger partial charge in [-0.15, -0.1) is 22.7 Å². The van der Waals surface area contributed by atoms with Gasteiger partial charge < -0.3 is 4.57 Å². The van der Waals surface area contributed by atoms with Crippen LogP contribution in [0.25, 0.3) is 113 Å². The molecule has 0 saturated heterocycles. The van der Waals surface area contributed by atoms with Crippen LogP contribution in [0, 0.1) is 0 Å². The monoisotopic (exact) mass is 762 g/mol. The third-order valence-electron chi connectivity index (χ3n) is 11.0. The molecule has 0 fully saturated rings. The molecule has 0 atom stereocenters. The molecular formula is C51H30N4S2. The summed E-state index contributed by atoms with van der Waals surface area (Å²) in [5, 5.41) is 7.65. The molecule has 0 saturated carbocycles. The fraction of sp³-hybridized carbons (Fsp3) is 0. The Labute approximate surface area is 335 Å². The average Bonchev–Trinajstić information content (AvgIpc) is 3.94. The van der Waals surface area contributed by atoms with E-state index < -0.39 is 0 Å². The molecule has 0 unspecified atom stereocenters. The Balaban J connectivity index is 1.03. The number of thiophene rings is 2. The van der Waals surface area contributed by atoms with Gasteiger partial charge in [0.15, 0.2) is 17.5 Å². The van der Waals surface area contributed by atoms with E-state index in [1.807, 2.05) is 83.3 Å². The summed E-state index contributed by atoms with van der Waals surface area (Å²) in [6.45, 7) is 0. The predicted molar refractivity (Wildman–Crippen MR) is 242 cm³/mol. The molecule has 0 aliphatic rings. The van der Waals surface area contributed by atoms with E-state index in [4.69, 9.17) is 15.0 Å². The molecule has 0 aliphatic heterocycles. The van der Waals surface area contributed by atoms with E-state index in [1.165, 1.54) is 73.3 Å². The maximum Gasteiger partial charge on any atom is 0.164 e. The van der Waals surface area contributed by atoms with Crippen LogP contribution in [0.5, 0.6) is 0 Å². The highest BCUT2D eigenvalue weighted by Gasteiger charge is 2.20. The number of hydrogen-bond acceptors (Lipinski definition) is 5. The van der Waals surface area contributed by atoms with E-state index in [0.717, 1.165) is 22.4 Å². The fourth-order valence-corrected chi connectivity index (χ4v) is 10.7. The lowest BCUT2D eigenvalue weighted by Gasteiger charge is -2.09. The summed E-state index contributed by atoms with van der Waals surface area (Å²) in [7, 11) is 0. The normalized spacial score (nSPS) is 11.9. The molecule has 0 spiro atoms. The summed E-state index contributed by atoms with van der Waals surface area (Å²) < 4.78 is 7.51. The molecule has 0 N–H and O–H groups in total. The van der Waals surface area contributed by atoms with Crippen LogP contribution in [0.1, 0.15) is 0 Å². The van der Waals surface area contributed by atoms with Gasteiger partial charge in [0.1, 0.15) is 0 Å². The maximum atomic E-state index is 5.00. The summed E-state index contributed by atoms with van der Waals surface area (Å²) in [5.74, 6) is 1.99. The number of nitrogens with zero attached hydrogens (tertiary/aromatic N) is 4. The summed E-state index contributed by atoms with van der Waals surface area (Å²) in [5.41, 5.74) is 8.93. The highest BCUT2D eigenvalue weighted by Crippen LogP contribution is 2.45. The van der Waals surface area contributed by atoms with Crippen molar-refractivity contribution in [3.05, 3.63) is 182 Å². The smallest absolute Gasteiger partial charge is 0.164 e. The lowest BCUT2D eigenvalue weighted by atomic mass is 9.98. The van der Waals surface area contributed by atoms with Gasteiger partial charge in [0.25, 0.3) is 0 Å². The number of hydrogen-bond donors (Lipinski definition) is 0. The van der Waals surface area contributed by atoms with Crippen LogP contribution < -0.4 is 0 Å². The maximum absolute atomic E-state index is 5.00. The van der Waals surface area contributed by atoms with Gasteiger partial charge in [-0.2, -0.15) is 0 Å². The standard InChI is InChI=1S/C51H30N4S2/c1-4-13-31(14-5-1)49-52-50(32-15-6-2-7-16-32)54-51(53-49)34-24-26-39-38-25-23-33(27-45(38)57-46(39)28-34)36-20-12-21-42-48(36)41-29-40-37-19-10-11-22-44(37)56-47(40)30-43(41)55(42)35-17-8-3-9-18-35/h1-30H. The second-order valence-corrected chi connectivity index (χ2v) is 16.6. The molecular weight excluding hydrogens is 733 g/mol. The molecule has 0 amide bonds. The second kappa shape index (κ2) is 12.8. The Morgan fingerprint density at radius 2 is 0.877 bits per heavy atom. The van der Waals surface area contributed by atoms with Gasteiger partial charge in [0.05, 0.1) is 11.0 Å². The summed E-state index contributed by atoms with van der Waals surface area (Å²) in [4.78, 5) is 14.9. The van der Waals surface area contributed by atoms with Crippen molar-refractivity contribution in [2.75, 3.05) is 0 Å². The van der Waals surface area contributed by atoms with Crippen molar-refractivity contribution in [1.82, 2.24) is 19.5 Å². The zero-order valence-corrected chi connectivity index (χ0v) is 32.1. The first kappa shape index (κ1) is 32.3. The number of rotatable bonds is 5. The Kier molecular flexibility index (Phi) is 7.24. The highest BCUT2D eigenvalue weighted by atomic mass is 32.1. The zero-order chi connectivity index (χ0) is 37.5. The fourth-order valence-electron chi connectivity index (χ4n) is 8.40. The number of benzene rings is 8. The minimum absolute atomic E-state index is 0.663. The molecule has 4 aromatic heterocycles. The van der Waals surface area contributed by atoms with Crippen LogP contribution in [-0.2, 0) is 0 Å². The van der Waals surface area contributed by atoms with E-state index in [1.54, 1.807) is 0 Å². The van der Waals surface area contributed by atoms with E-state index in [2.05, 4.69) is 126 Å². The van der Waals surface area contributed by atoms with Gasteiger partial charge in [0, 0.05) is 73.5 Å². The van der Waals surface area contributed by atoms with Crippen LogP contribution in [0.2, 0.25) is 0 Å². The largest absolute Gasteiger partial charge is 0.309 e. The molecule has 57 heavy (non-hydrogen) atoms. The second-order valence-electron chi connectivity index (χ2n) is 14.4. The van der Waals surface area contributed by atoms with Gasteiger partial charge in [-0.05, 0) is 59.7 Å². The molecule has 266 valence electrons. The van der Waals surface area contributed by atoms with Crippen molar-refractivity contribution in [2.24, 2.45) is 0 Å². The van der Waals surface area contributed by atoms with Crippen LogP contribution in [0.15, 0.2) is 182 Å². The minimum Gasteiger partial charge on any atom is -0.309 e. The van der Waals surface area contributed by atoms with Crippen LogP contribution in [-0.4, -0.2) is 19.5 Å². The van der Waals surface area contributed by atoms with Crippen molar-refractivity contribution in [1.29, 1.82) is 0 Å². The van der Waals surface area contributed by atoms with E-state index in [9.17, 15) is 0 Å². The van der Waals surface area contributed by atoms with Gasteiger partial charge in [0.2, 0.25) is 0 Å². The third-order valence-corrected chi connectivity index (χ3v) is 13.3. The molecule has 6 heteroatoms. The lowest BCUT2D eigenvalue weighted by molar-refractivity contribution is 1.07. The Morgan fingerprint density at radius 1 is 0.333 bits per heavy atom. The zero-order valence-electron chi connectivity index (χ0n) is 30.4. The molecule has 8 aromatic carbocycles. The Bertz CT molecular complexity index is 3450.